The van der Waals surface area contributed by atoms with Crippen LogP contribution in [0, 0.1) is 0 Å². The van der Waals surface area contributed by atoms with Crippen LogP contribution >= 0.6 is 23.2 Å². The number of benzene rings is 3. The van der Waals surface area contributed by atoms with Gasteiger partial charge in [-0.15, -0.1) is 0 Å². The number of hydrogen-bond donors (Lipinski definition) is 2. The molecule has 0 radical (unpaired) electrons. The van der Waals surface area contributed by atoms with E-state index in [1.165, 1.54) is 0 Å². The van der Waals surface area contributed by atoms with Gasteiger partial charge in [0.15, 0.2) is 0 Å². The number of carbonyl (C=O) groups is 2. The summed E-state index contributed by atoms with van der Waals surface area (Å²) in [6, 6.07) is 16.4. The minimum atomic E-state index is -0.353. The largest absolute Gasteiger partial charge is 0.492 e. The molecule has 0 bridgehead atoms. The summed E-state index contributed by atoms with van der Waals surface area (Å²) < 4.78 is 11.4. The molecule has 0 unspecified atom stereocenters. The summed E-state index contributed by atoms with van der Waals surface area (Å²) in [5.41, 5.74) is 1.66. The Morgan fingerprint density at radius 1 is 0.719 bits per heavy atom. The number of ether oxygens (including phenoxy) is 2. The van der Waals surface area contributed by atoms with Crippen LogP contribution in [0.2, 0.25) is 10.0 Å². The lowest BCUT2D eigenvalue weighted by Crippen LogP contribution is -2.15. The van der Waals surface area contributed by atoms with Gasteiger partial charge in [-0.2, -0.15) is 0 Å². The first kappa shape index (κ1) is 23.4. The molecule has 0 saturated carbocycles. The van der Waals surface area contributed by atoms with Crippen molar-refractivity contribution in [3.05, 3.63) is 81.8 Å². The van der Waals surface area contributed by atoms with Crippen LogP contribution in [0.5, 0.6) is 11.5 Å². The summed E-state index contributed by atoms with van der Waals surface area (Å²) in [7, 11) is 0. The van der Waals surface area contributed by atoms with Crippen molar-refractivity contribution in [2.45, 2.75) is 13.8 Å². The molecule has 3 aromatic rings. The van der Waals surface area contributed by atoms with E-state index in [1.807, 2.05) is 13.8 Å². The zero-order valence-electron chi connectivity index (χ0n) is 17.6. The van der Waals surface area contributed by atoms with E-state index in [4.69, 9.17) is 32.7 Å². The standard InChI is InChI=1S/C24H22Cl2N2O4/c1-3-31-21-14-20(28-24(30)16-6-5-7-18(26)12-16)22(32-4-2)13-19(21)27-23(29)15-8-10-17(25)11-9-15/h5-14H,3-4H2,1-2H3,(H,27,29)(H,28,30). The fourth-order valence-electron chi connectivity index (χ4n) is 2.93. The smallest absolute Gasteiger partial charge is 0.255 e. The predicted octanol–water partition coefficient (Wildman–Crippen LogP) is 6.30. The van der Waals surface area contributed by atoms with Gasteiger partial charge in [0.1, 0.15) is 11.5 Å². The molecular weight excluding hydrogens is 451 g/mol. The second-order valence-corrected chi connectivity index (χ2v) is 7.51. The lowest BCUT2D eigenvalue weighted by Gasteiger charge is -2.18. The third kappa shape index (κ3) is 5.93. The summed E-state index contributed by atoms with van der Waals surface area (Å²) in [4.78, 5) is 25.4. The summed E-state index contributed by atoms with van der Waals surface area (Å²) in [6.07, 6.45) is 0. The van der Waals surface area contributed by atoms with Gasteiger partial charge in [-0.3, -0.25) is 9.59 Å². The molecule has 0 saturated heterocycles. The molecule has 166 valence electrons. The van der Waals surface area contributed by atoms with Gasteiger partial charge in [0.05, 0.1) is 24.6 Å². The van der Waals surface area contributed by atoms with E-state index in [0.717, 1.165) is 0 Å². The van der Waals surface area contributed by atoms with Gasteiger partial charge in [0.25, 0.3) is 11.8 Å². The van der Waals surface area contributed by atoms with Crippen molar-refractivity contribution in [3.63, 3.8) is 0 Å². The number of hydrogen-bond acceptors (Lipinski definition) is 4. The molecule has 2 amide bonds. The zero-order chi connectivity index (χ0) is 23.1. The normalized spacial score (nSPS) is 10.4. The number of nitrogens with one attached hydrogen (secondary N) is 2. The first-order valence-electron chi connectivity index (χ1n) is 9.98. The van der Waals surface area contributed by atoms with E-state index in [9.17, 15) is 9.59 Å². The van der Waals surface area contributed by atoms with Crippen molar-refractivity contribution in [2.24, 2.45) is 0 Å². The van der Waals surface area contributed by atoms with Gasteiger partial charge in [-0.1, -0.05) is 29.3 Å². The number of anilines is 2. The lowest BCUT2D eigenvalue weighted by atomic mass is 10.1. The highest BCUT2D eigenvalue weighted by molar-refractivity contribution is 6.31. The van der Waals surface area contributed by atoms with Crippen LogP contribution in [-0.4, -0.2) is 25.0 Å². The van der Waals surface area contributed by atoms with E-state index < -0.39 is 0 Å². The Labute approximate surface area is 196 Å². The fraction of sp³-hybridized carbons (Fsp3) is 0.167. The topological polar surface area (TPSA) is 76.7 Å². The van der Waals surface area contributed by atoms with Gasteiger partial charge < -0.3 is 20.1 Å². The van der Waals surface area contributed by atoms with E-state index in [0.29, 0.717) is 57.3 Å². The number of halogens is 2. The molecule has 0 aliphatic carbocycles. The minimum absolute atomic E-state index is 0.333. The molecule has 0 heterocycles. The molecule has 8 heteroatoms. The molecule has 0 fully saturated rings. The molecule has 3 rings (SSSR count). The first-order valence-corrected chi connectivity index (χ1v) is 10.7. The Hall–Kier alpha value is -3.22. The lowest BCUT2D eigenvalue weighted by molar-refractivity contribution is 0.101. The van der Waals surface area contributed by atoms with Crippen LogP contribution in [0.1, 0.15) is 34.6 Å². The Balaban J connectivity index is 1.92. The zero-order valence-corrected chi connectivity index (χ0v) is 19.1. The van der Waals surface area contributed by atoms with E-state index >= 15 is 0 Å². The summed E-state index contributed by atoms with van der Waals surface area (Å²) >= 11 is 11.9. The van der Waals surface area contributed by atoms with E-state index in [1.54, 1.807) is 60.7 Å². The second-order valence-electron chi connectivity index (χ2n) is 6.64. The molecule has 0 atom stereocenters. The molecule has 6 nitrogen and oxygen atoms in total. The van der Waals surface area contributed by atoms with Crippen molar-refractivity contribution in [1.29, 1.82) is 0 Å². The van der Waals surface area contributed by atoms with Crippen molar-refractivity contribution in [2.75, 3.05) is 23.8 Å². The second kappa shape index (κ2) is 10.9. The van der Waals surface area contributed by atoms with Crippen LogP contribution in [0.3, 0.4) is 0 Å². The molecule has 3 aromatic carbocycles. The van der Waals surface area contributed by atoms with Gasteiger partial charge >= 0.3 is 0 Å². The SMILES string of the molecule is CCOc1cc(NC(=O)c2cccc(Cl)c2)c(OCC)cc1NC(=O)c1ccc(Cl)cc1. The molecule has 0 spiro atoms. The maximum absolute atomic E-state index is 12.7. The van der Waals surface area contributed by atoms with Crippen molar-refractivity contribution < 1.29 is 19.1 Å². The average molecular weight is 473 g/mol. The predicted molar refractivity (Wildman–Crippen MR) is 128 cm³/mol. The maximum Gasteiger partial charge on any atom is 0.255 e. The molecule has 0 aliphatic rings. The van der Waals surface area contributed by atoms with E-state index in [-0.39, 0.29) is 11.8 Å². The van der Waals surface area contributed by atoms with Crippen LogP contribution in [-0.2, 0) is 0 Å². The summed E-state index contributed by atoms with van der Waals surface area (Å²) in [5, 5.41) is 6.65. The number of rotatable bonds is 8. The van der Waals surface area contributed by atoms with Crippen molar-refractivity contribution >= 4 is 46.4 Å². The molecule has 0 aliphatic heterocycles. The highest BCUT2D eigenvalue weighted by Crippen LogP contribution is 2.37. The number of amides is 2. The van der Waals surface area contributed by atoms with Gasteiger partial charge in [0, 0.05) is 33.3 Å². The third-order valence-electron chi connectivity index (χ3n) is 4.37. The average Bonchev–Trinajstić information content (AvgIpc) is 2.77. The van der Waals surface area contributed by atoms with Crippen molar-refractivity contribution in [3.8, 4) is 11.5 Å². The Morgan fingerprint density at radius 3 is 1.75 bits per heavy atom. The van der Waals surface area contributed by atoms with Gasteiger partial charge in [-0.25, -0.2) is 0 Å². The maximum atomic E-state index is 12.7. The fourth-order valence-corrected chi connectivity index (χ4v) is 3.24. The highest BCUT2D eigenvalue weighted by atomic mass is 35.5. The monoisotopic (exact) mass is 472 g/mol. The van der Waals surface area contributed by atoms with Gasteiger partial charge in [-0.05, 0) is 56.3 Å². The third-order valence-corrected chi connectivity index (χ3v) is 4.86. The Kier molecular flexibility index (Phi) is 7.98. The molecule has 32 heavy (non-hydrogen) atoms. The minimum Gasteiger partial charge on any atom is -0.492 e. The molecular formula is C24H22Cl2N2O4. The quantitative estimate of drug-likeness (QED) is 0.403. The summed E-state index contributed by atoms with van der Waals surface area (Å²) in [5.74, 6) is 0.0898. The Bertz CT molecular complexity index is 1120. The van der Waals surface area contributed by atoms with Crippen LogP contribution in [0.15, 0.2) is 60.7 Å². The van der Waals surface area contributed by atoms with Gasteiger partial charge in [0.2, 0.25) is 0 Å². The van der Waals surface area contributed by atoms with E-state index in [2.05, 4.69) is 10.6 Å². The molecule has 0 aromatic heterocycles. The van der Waals surface area contributed by atoms with Crippen LogP contribution in [0.4, 0.5) is 11.4 Å². The summed E-state index contributed by atoms with van der Waals surface area (Å²) in [6.45, 7) is 4.37. The highest BCUT2D eigenvalue weighted by Gasteiger charge is 2.17. The first-order chi connectivity index (χ1) is 15.4. The van der Waals surface area contributed by atoms with Crippen LogP contribution in [0.25, 0.3) is 0 Å². The van der Waals surface area contributed by atoms with Crippen LogP contribution < -0.4 is 20.1 Å². The molecule has 2 N–H and O–H groups in total. The Morgan fingerprint density at radius 2 is 1.25 bits per heavy atom. The van der Waals surface area contributed by atoms with Crippen molar-refractivity contribution in [1.82, 2.24) is 0 Å². The number of carbonyl (C=O) groups excluding carboxylic acids is 2.